The Hall–Kier alpha value is -1.22. The predicted octanol–water partition coefficient (Wildman–Crippen LogP) is 2.34. The molecule has 0 saturated carbocycles. The lowest BCUT2D eigenvalue weighted by Crippen LogP contribution is -2.37. The maximum Gasteiger partial charge on any atom is 0.209 e. The van der Waals surface area contributed by atoms with Crippen LogP contribution in [0, 0.1) is 0 Å². The maximum absolute atomic E-state index is 10.5. The summed E-state index contributed by atoms with van der Waals surface area (Å²) in [6.07, 6.45) is 2.85. The highest BCUT2D eigenvalue weighted by molar-refractivity contribution is 6.30. The smallest absolute Gasteiger partial charge is 0.209 e. The van der Waals surface area contributed by atoms with Crippen LogP contribution in [0.25, 0.3) is 0 Å². The van der Waals surface area contributed by atoms with E-state index in [4.69, 9.17) is 16.3 Å². The van der Waals surface area contributed by atoms with Gasteiger partial charge in [-0.25, -0.2) is 0 Å². The second-order valence-corrected chi connectivity index (χ2v) is 4.35. The molecule has 1 aromatic carbocycles. The van der Waals surface area contributed by atoms with Crippen molar-refractivity contribution in [3.05, 3.63) is 29.3 Å². The number of hydrogen-bond acceptors (Lipinski definition) is 2. The zero-order valence-corrected chi connectivity index (χ0v) is 9.69. The van der Waals surface area contributed by atoms with Crippen LogP contribution in [0.15, 0.2) is 24.3 Å². The predicted molar refractivity (Wildman–Crippen MR) is 62.7 cm³/mol. The van der Waals surface area contributed by atoms with E-state index >= 15 is 0 Å². The van der Waals surface area contributed by atoms with Crippen LogP contribution in [0.3, 0.4) is 0 Å². The molecular formula is C12H14ClNO2. The molecule has 1 fully saturated rings. The number of hydrogen-bond donors (Lipinski definition) is 0. The van der Waals surface area contributed by atoms with Crippen LogP contribution in [-0.2, 0) is 4.79 Å². The Balaban J connectivity index is 1.89. The van der Waals surface area contributed by atoms with Gasteiger partial charge in [-0.15, -0.1) is 0 Å². The van der Waals surface area contributed by atoms with Gasteiger partial charge < -0.3 is 9.64 Å². The zero-order valence-electron chi connectivity index (χ0n) is 8.93. The van der Waals surface area contributed by atoms with E-state index in [1.807, 2.05) is 24.3 Å². The molecule has 0 radical (unpaired) electrons. The van der Waals surface area contributed by atoms with Gasteiger partial charge in [-0.1, -0.05) is 17.7 Å². The first-order valence-corrected chi connectivity index (χ1v) is 5.77. The number of piperidine rings is 1. The number of rotatable bonds is 3. The fourth-order valence-corrected chi connectivity index (χ4v) is 2.01. The van der Waals surface area contributed by atoms with Gasteiger partial charge in [-0.05, 0) is 18.2 Å². The van der Waals surface area contributed by atoms with Crippen LogP contribution in [0.2, 0.25) is 5.02 Å². The van der Waals surface area contributed by atoms with Gasteiger partial charge in [0.25, 0.3) is 0 Å². The largest absolute Gasteiger partial charge is 0.490 e. The Kier molecular flexibility index (Phi) is 3.67. The van der Waals surface area contributed by atoms with E-state index in [2.05, 4.69) is 0 Å². The molecule has 1 aromatic rings. The Morgan fingerprint density at radius 1 is 1.38 bits per heavy atom. The van der Waals surface area contributed by atoms with Crippen LogP contribution >= 0.6 is 11.6 Å². The fraction of sp³-hybridized carbons (Fsp3) is 0.417. The van der Waals surface area contributed by atoms with Crippen LogP contribution in [0.1, 0.15) is 12.8 Å². The first kappa shape index (κ1) is 11.3. The summed E-state index contributed by atoms with van der Waals surface area (Å²) in [5.41, 5.74) is 0. The summed E-state index contributed by atoms with van der Waals surface area (Å²) in [7, 11) is 0. The highest BCUT2D eigenvalue weighted by Gasteiger charge is 2.19. The van der Waals surface area contributed by atoms with E-state index in [0.29, 0.717) is 5.02 Å². The molecule has 0 aromatic heterocycles. The average Bonchev–Trinajstić information content (AvgIpc) is 2.30. The van der Waals surface area contributed by atoms with Crippen molar-refractivity contribution >= 4 is 18.0 Å². The molecule has 16 heavy (non-hydrogen) atoms. The molecule has 86 valence electrons. The third-order valence-corrected chi connectivity index (χ3v) is 2.96. The fourth-order valence-electron chi connectivity index (χ4n) is 1.83. The Morgan fingerprint density at radius 2 is 2.12 bits per heavy atom. The normalized spacial score (nSPS) is 17.2. The number of amides is 1. The van der Waals surface area contributed by atoms with Crippen LogP contribution < -0.4 is 4.74 Å². The number of ether oxygens (including phenoxy) is 1. The lowest BCUT2D eigenvalue weighted by Gasteiger charge is -2.29. The van der Waals surface area contributed by atoms with E-state index in [9.17, 15) is 4.79 Å². The number of likely N-dealkylation sites (tertiary alicyclic amines) is 1. The van der Waals surface area contributed by atoms with Gasteiger partial charge in [0.05, 0.1) is 0 Å². The van der Waals surface area contributed by atoms with Gasteiger partial charge in [-0.3, -0.25) is 4.79 Å². The third kappa shape index (κ3) is 2.89. The summed E-state index contributed by atoms with van der Waals surface area (Å²) in [6, 6.07) is 7.41. The molecule has 1 aliphatic rings. The second kappa shape index (κ2) is 5.21. The van der Waals surface area contributed by atoms with Gasteiger partial charge in [0, 0.05) is 31.0 Å². The van der Waals surface area contributed by atoms with E-state index in [1.54, 1.807) is 4.90 Å². The van der Waals surface area contributed by atoms with Crippen molar-refractivity contribution in [3.63, 3.8) is 0 Å². The van der Waals surface area contributed by atoms with Crippen molar-refractivity contribution in [2.24, 2.45) is 0 Å². The van der Waals surface area contributed by atoms with E-state index < -0.39 is 0 Å². The molecule has 0 spiro atoms. The molecule has 0 bridgehead atoms. The van der Waals surface area contributed by atoms with E-state index in [1.165, 1.54) is 0 Å². The first-order valence-electron chi connectivity index (χ1n) is 5.39. The second-order valence-electron chi connectivity index (χ2n) is 3.92. The number of halogens is 1. The van der Waals surface area contributed by atoms with Crippen LogP contribution in [0.4, 0.5) is 0 Å². The summed E-state index contributed by atoms with van der Waals surface area (Å²) in [4.78, 5) is 12.3. The average molecular weight is 240 g/mol. The van der Waals surface area contributed by atoms with Gasteiger partial charge >= 0.3 is 0 Å². The zero-order chi connectivity index (χ0) is 11.4. The SMILES string of the molecule is O=CN1CCC(Oc2cccc(Cl)c2)CC1. The van der Waals surface area contributed by atoms with Crippen molar-refractivity contribution in [2.75, 3.05) is 13.1 Å². The molecule has 1 saturated heterocycles. The number of benzene rings is 1. The molecule has 0 aliphatic carbocycles. The molecule has 4 heteroatoms. The minimum atomic E-state index is 0.190. The number of carbonyl (C=O) groups excluding carboxylic acids is 1. The Labute approximate surface area is 100.0 Å². The molecule has 0 N–H and O–H groups in total. The van der Waals surface area contributed by atoms with Gasteiger partial charge in [0.2, 0.25) is 6.41 Å². The minimum absolute atomic E-state index is 0.190. The van der Waals surface area contributed by atoms with Gasteiger partial charge in [0.15, 0.2) is 0 Å². The standard InChI is InChI=1S/C12H14ClNO2/c13-10-2-1-3-12(8-10)16-11-4-6-14(9-15)7-5-11/h1-3,8-9,11H,4-7H2. The summed E-state index contributed by atoms with van der Waals surface area (Å²) >= 11 is 5.87. The van der Waals surface area contributed by atoms with E-state index in [-0.39, 0.29) is 6.10 Å². The Morgan fingerprint density at radius 3 is 2.75 bits per heavy atom. The summed E-state index contributed by atoms with van der Waals surface area (Å²) < 4.78 is 5.80. The molecule has 2 rings (SSSR count). The minimum Gasteiger partial charge on any atom is -0.490 e. The van der Waals surface area contributed by atoms with Crippen molar-refractivity contribution in [1.29, 1.82) is 0 Å². The summed E-state index contributed by atoms with van der Waals surface area (Å²) in [5.74, 6) is 0.803. The monoisotopic (exact) mass is 239 g/mol. The highest BCUT2D eigenvalue weighted by atomic mass is 35.5. The molecule has 0 atom stereocenters. The summed E-state index contributed by atoms with van der Waals surface area (Å²) in [6.45, 7) is 1.55. The lowest BCUT2D eigenvalue weighted by atomic mass is 10.1. The molecule has 0 unspecified atom stereocenters. The van der Waals surface area contributed by atoms with E-state index in [0.717, 1.165) is 38.1 Å². The van der Waals surface area contributed by atoms with Gasteiger partial charge in [-0.2, -0.15) is 0 Å². The lowest BCUT2D eigenvalue weighted by molar-refractivity contribution is -0.119. The van der Waals surface area contributed by atoms with Gasteiger partial charge in [0.1, 0.15) is 11.9 Å². The molecule has 3 nitrogen and oxygen atoms in total. The number of carbonyl (C=O) groups is 1. The quantitative estimate of drug-likeness (QED) is 0.758. The van der Waals surface area contributed by atoms with Crippen molar-refractivity contribution in [3.8, 4) is 5.75 Å². The number of nitrogens with zero attached hydrogens (tertiary/aromatic N) is 1. The highest BCUT2D eigenvalue weighted by Crippen LogP contribution is 2.21. The Bertz CT molecular complexity index is 362. The van der Waals surface area contributed by atoms with Crippen molar-refractivity contribution in [2.45, 2.75) is 18.9 Å². The van der Waals surface area contributed by atoms with Crippen LogP contribution in [0.5, 0.6) is 5.75 Å². The summed E-state index contributed by atoms with van der Waals surface area (Å²) in [5, 5.41) is 0.683. The maximum atomic E-state index is 10.5. The molecule has 1 heterocycles. The molecular weight excluding hydrogens is 226 g/mol. The first-order chi connectivity index (χ1) is 7.78. The van der Waals surface area contributed by atoms with Crippen LogP contribution in [-0.4, -0.2) is 30.5 Å². The molecule has 1 amide bonds. The topological polar surface area (TPSA) is 29.5 Å². The third-order valence-electron chi connectivity index (χ3n) is 2.72. The molecule has 1 aliphatic heterocycles. The van der Waals surface area contributed by atoms with Crippen molar-refractivity contribution in [1.82, 2.24) is 4.90 Å². The van der Waals surface area contributed by atoms with Crippen molar-refractivity contribution < 1.29 is 9.53 Å².